The van der Waals surface area contributed by atoms with Crippen LogP contribution in [0.2, 0.25) is 0 Å². The minimum absolute atomic E-state index is 0.136. The fourth-order valence-corrected chi connectivity index (χ4v) is 1.32. The third kappa shape index (κ3) is 4.74. The van der Waals surface area contributed by atoms with E-state index in [0.717, 1.165) is 0 Å². The van der Waals surface area contributed by atoms with E-state index in [0.29, 0.717) is 0 Å². The average molecular weight is 288 g/mol. The molecule has 114 valence electrons. The molecule has 1 rings (SSSR count). The molecule has 1 aromatic rings. The molecule has 8 heteroatoms. The molecule has 8 N–H and O–H groups in total. The van der Waals surface area contributed by atoms with Gasteiger partial charge in [0.2, 0.25) is 0 Å². The van der Waals surface area contributed by atoms with E-state index >= 15 is 0 Å². The molecule has 20 heavy (non-hydrogen) atoms. The zero-order valence-electron chi connectivity index (χ0n) is 10.9. The Balaban J connectivity index is 2.75. The van der Waals surface area contributed by atoms with Gasteiger partial charge in [-0.25, -0.2) is 0 Å². The van der Waals surface area contributed by atoms with Gasteiger partial charge in [-0.2, -0.15) is 0 Å². The smallest absolute Gasteiger partial charge is 0.146 e. The van der Waals surface area contributed by atoms with Crippen molar-refractivity contribution in [1.82, 2.24) is 0 Å². The summed E-state index contributed by atoms with van der Waals surface area (Å²) in [5.74, 6) is 0.473. The van der Waals surface area contributed by atoms with Crippen LogP contribution in [0.25, 0.3) is 0 Å². The van der Waals surface area contributed by atoms with Gasteiger partial charge in [-0.15, -0.1) is 0 Å². The van der Waals surface area contributed by atoms with Crippen LogP contribution in [0.5, 0.6) is 11.5 Å². The molecule has 0 aliphatic rings. The van der Waals surface area contributed by atoms with E-state index in [9.17, 15) is 10.2 Å². The van der Waals surface area contributed by atoms with Gasteiger partial charge in [0.1, 0.15) is 36.9 Å². The molecule has 0 radical (unpaired) electrons. The second kappa shape index (κ2) is 7.75. The summed E-state index contributed by atoms with van der Waals surface area (Å²) in [5, 5.41) is 35.8. The lowest BCUT2D eigenvalue weighted by Gasteiger charge is -2.16. The number of hydrogen-bond acceptors (Lipinski definition) is 8. The van der Waals surface area contributed by atoms with E-state index in [2.05, 4.69) is 0 Å². The first-order chi connectivity index (χ1) is 9.47. The molecule has 0 spiro atoms. The molecule has 0 amide bonds. The van der Waals surface area contributed by atoms with Crippen molar-refractivity contribution < 1.29 is 29.9 Å². The Labute approximate surface area is 116 Å². The molecular weight excluding hydrogens is 268 g/mol. The number of hydrogen-bond donors (Lipinski definition) is 6. The van der Waals surface area contributed by atoms with Crippen LogP contribution in [-0.2, 0) is 0 Å². The Morgan fingerprint density at radius 3 is 1.60 bits per heavy atom. The van der Waals surface area contributed by atoms with Crippen molar-refractivity contribution in [2.75, 3.05) is 37.9 Å². The number of aliphatic hydroxyl groups is 4. The number of anilines is 2. The maximum absolute atomic E-state index is 9.21. The Morgan fingerprint density at radius 2 is 1.25 bits per heavy atom. The fourth-order valence-electron chi connectivity index (χ4n) is 1.32. The molecule has 0 aliphatic carbocycles. The summed E-state index contributed by atoms with van der Waals surface area (Å²) in [4.78, 5) is 0. The summed E-state index contributed by atoms with van der Waals surface area (Å²) in [6.07, 6.45) is -2.04. The highest BCUT2D eigenvalue weighted by molar-refractivity contribution is 5.67. The molecule has 0 aromatic heterocycles. The summed E-state index contributed by atoms with van der Waals surface area (Å²) in [5.41, 5.74) is 11.9. The molecule has 2 unspecified atom stereocenters. The van der Waals surface area contributed by atoms with E-state index in [1.54, 1.807) is 0 Å². The van der Waals surface area contributed by atoms with E-state index in [-0.39, 0.29) is 36.1 Å². The lowest BCUT2D eigenvalue weighted by molar-refractivity contribution is 0.0515. The normalized spacial score (nSPS) is 13.8. The van der Waals surface area contributed by atoms with Crippen LogP contribution < -0.4 is 20.9 Å². The summed E-state index contributed by atoms with van der Waals surface area (Å²) in [7, 11) is 0. The fraction of sp³-hybridized carbons (Fsp3) is 0.500. The van der Waals surface area contributed by atoms with Crippen molar-refractivity contribution in [1.29, 1.82) is 0 Å². The van der Waals surface area contributed by atoms with Gasteiger partial charge in [0.05, 0.1) is 24.6 Å². The summed E-state index contributed by atoms with van der Waals surface area (Å²) in [6, 6.07) is 2.83. The van der Waals surface area contributed by atoms with Gasteiger partial charge >= 0.3 is 0 Å². The monoisotopic (exact) mass is 288 g/mol. The van der Waals surface area contributed by atoms with E-state index in [1.807, 2.05) is 0 Å². The topological polar surface area (TPSA) is 151 Å². The molecule has 8 nitrogen and oxygen atoms in total. The minimum atomic E-state index is -1.02. The van der Waals surface area contributed by atoms with Crippen molar-refractivity contribution >= 4 is 11.4 Å². The van der Waals surface area contributed by atoms with E-state index in [1.165, 1.54) is 12.1 Å². The highest BCUT2D eigenvalue weighted by atomic mass is 16.5. The van der Waals surface area contributed by atoms with Gasteiger partial charge in [0, 0.05) is 6.07 Å². The quantitative estimate of drug-likeness (QED) is 0.310. The minimum Gasteiger partial charge on any atom is -0.488 e. The lowest BCUT2D eigenvalue weighted by atomic mass is 10.2. The van der Waals surface area contributed by atoms with Gasteiger partial charge < -0.3 is 41.4 Å². The second-order valence-corrected chi connectivity index (χ2v) is 4.22. The van der Waals surface area contributed by atoms with Gasteiger partial charge in [0.15, 0.2) is 0 Å². The second-order valence-electron chi connectivity index (χ2n) is 4.22. The van der Waals surface area contributed by atoms with Crippen molar-refractivity contribution in [3.05, 3.63) is 12.1 Å². The van der Waals surface area contributed by atoms with Crippen LogP contribution in [0, 0.1) is 0 Å². The Bertz CT molecular complexity index is 393. The van der Waals surface area contributed by atoms with Crippen molar-refractivity contribution in [2.24, 2.45) is 0 Å². The average Bonchev–Trinajstić information content (AvgIpc) is 2.44. The number of nitrogen functional groups attached to an aromatic ring is 2. The highest BCUT2D eigenvalue weighted by Crippen LogP contribution is 2.33. The number of nitrogens with two attached hydrogens (primary N) is 2. The van der Waals surface area contributed by atoms with Crippen LogP contribution in [0.1, 0.15) is 0 Å². The predicted octanol–water partition coefficient (Wildman–Crippen LogP) is -1.69. The van der Waals surface area contributed by atoms with Crippen LogP contribution in [0.3, 0.4) is 0 Å². The van der Waals surface area contributed by atoms with Gasteiger partial charge in [0.25, 0.3) is 0 Å². The lowest BCUT2D eigenvalue weighted by Crippen LogP contribution is -2.22. The maximum Gasteiger partial charge on any atom is 0.146 e. The molecule has 0 fully saturated rings. The largest absolute Gasteiger partial charge is 0.488 e. The number of ether oxygens (including phenoxy) is 2. The van der Waals surface area contributed by atoms with Crippen molar-refractivity contribution in [3.63, 3.8) is 0 Å². The van der Waals surface area contributed by atoms with Crippen LogP contribution in [-0.4, -0.2) is 59.1 Å². The third-order valence-corrected chi connectivity index (χ3v) is 2.43. The van der Waals surface area contributed by atoms with Crippen molar-refractivity contribution in [2.45, 2.75) is 12.2 Å². The predicted molar refractivity (Wildman–Crippen MR) is 72.4 cm³/mol. The van der Waals surface area contributed by atoms with Gasteiger partial charge in [-0.05, 0) is 6.07 Å². The van der Waals surface area contributed by atoms with E-state index in [4.69, 9.17) is 31.2 Å². The Hall–Kier alpha value is -1.74. The number of rotatable bonds is 8. The van der Waals surface area contributed by atoms with Crippen molar-refractivity contribution in [3.8, 4) is 11.5 Å². The molecule has 0 bridgehead atoms. The van der Waals surface area contributed by atoms with Crippen LogP contribution in [0.15, 0.2) is 12.1 Å². The molecule has 0 heterocycles. The SMILES string of the molecule is Nc1cc(N)c(OCC(O)CO)cc1OCC(O)CO. The van der Waals surface area contributed by atoms with Crippen LogP contribution in [0.4, 0.5) is 11.4 Å². The van der Waals surface area contributed by atoms with Gasteiger partial charge in [-0.1, -0.05) is 0 Å². The maximum atomic E-state index is 9.21. The number of aliphatic hydroxyl groups excluding tert-OH is 4. The summed E-state index contributed by atoms with van der Waals surface area (Å²) < 4.78 is 10.5. The molecular formula is C12H20N2O6. The zero-order chi connectivity index (χ0) is 15.1. The van der Waals surface area contributed by atoms with Crippen LogP contribution >= 0.6 is 0 Å². The molecule has 1 aromatic carbocycles. The Kier molecular flexibility index (Phi) is 6.32. The standard InChI is InChI=1S/C12H20N2O6/c13-9-1-10(14)12(20-6-8(18)4-16)2-11(9)19-5-7(17)3-15/h1-2,7-8,15-18H,3-6,13-14H2. The zero-order valence-corrected chi connectivity index (χ0v) is 10.9. The summed E-state index contributed by atoms with van der Waals surface area (Å²) >= 11 is 0. The molecule has 0 saturated heterocycles. The highest BCUT2D eigenvalue weighted by Gasteiger charge is 2.12. The van der Waals surface area contributed by atoms with E-state index < -0.39 is 25.4 Å². The first kappa shape index (κ1) is 16.3. The first-order valence-corrected chi connectivity index (χ1v) is 6.00. The molecule has 0 saturated carbocycles. The number of benzene rings is 1. The van der Waals surface area contributed by atoms with Gasteiger partial charge in [-0.3, -0.25) is 0 Å². The summed E-state index contributed by atoms with van der Waals surface area (Å²) in [6.45, 7) is -1.13. The third-order valence-electron chi connectivity index (χ3n) is 2.43. The molecule has 2 atom stereocenters. The first-order valence-electron chi connectivity index (χ1n) is 6.00. The Morgan fingerprint density at radius 1 is 0.850 bits per heavy atom. The molecule has 0 aliphatic heterocycles.